The quantitative estimate of drug-likeness (QED) is 0.465. The summed E-state index contributed by atoms with van der Waals surface area (Å²) in [5.74, 6) is -2.28. The van der Waals surface area contributed by atoms with Crippen molar-refractivity contribution in [3.8, 4) is 17.2 Å². The zero-order valence-electron chi connectivity index (χ0n) is 15.4. The average molecular weight is 410 g/mol. The molecule has 10 nitrogen and oxygen atoms in total. The highest BCUT2D eigenvalue weighted by molar-refractivity contribution is 7.89. The minimum absolute atomic E-state index is 0.0384. The third kappa shape index (κ3) is 3.76. The van der Waals surface area contributed by atoms with Gasteiger partial charge in [0.15, 0.2) is 17.2 Å². The van der Waals surface area contributed by atoms with Gasteiger partial charge in [-0.05, 0) is 38.8 Å². The Balaban J connectivity index is 1.65. The van der Waals surface area contributed by atoms with Crippen molar-refractivity contribution in [3.05, 3.63) is 29.1 Å². The number of phenolic OH excluding ortho intramolecular Hbond substituents is 3. The largest absolute Gasteiger partial charge is 0.504 e. The van der Waals surface area contributed by atoms with Crippen LogP contribution in [0.1, 0.15) is 34.6 Å². The number of aryl methyl sites for hydroxylation is 2. The van der Waals surface area contributed by atoms with Crippen LogP contribution in [0.3, 0.4) is 0 Å². The van der Waals surface area contributed by atoms with E-state index in [9.17, 15) is 28.5 Å². The van der Waals surface area contributed by atoms with Gasteiger partial charge in [-0.1, -0.05) is 0 Å². The number of aromatic nitrogens is 2. The minimum atomic E-state index is -3.72. The van der Waals surface area contributed by atoms with Gasteiger partial charge in [0, 0.05) is 24.7 Å². The maximum atomic E-state index is 12.6. The SMILES string of the molecule is Cc1n[nH]c(C)c1S(=O)(=O)NC1CCN(C(=O)c2cc(O)c(O)c(O)c2)CC1. The molecule has 1 aromatic heterocycles. The molecule has 28 heavy (non-hydrogen) atoms. The number of nitrogens with zero attached hydrogens (tertiary/aromatic N) is 2. The Morgan fingerprint density at radius 3 is 2.25 bits per heavy atom. The Hall–Kier alpha value is -2.79. The second kappa shape index (κ2) is 7.32. The van der Waals surface area contributed by atoms with Crippen LogP contribution in [0.15, 0.2) is 17.0 Å². The van der Waals surface area contributed by atoms with E-state index >= 15 is 0 Å². The van der Waals surface area contributed by atoms with E-state index in [0.29, 0.717) is 37.3 Å². The lowest BCUT2D eigenvalue weighted by Gasteiger charge is -2.32. The fourth-order valence-electron chi connectivity index (χ4n) is 3.33. The number of aromatic hydroxyl groups is 3. The highest BCUT2D eigenvalue weighted by atomic mass is 32.2. The summed E-state index contributed by atoms with van der Waals surface area (Å²) in [6, 6.07) is 1.83. The van der Waals surface area contributed by atoms with Crippen LogP contribution in [0.5, 0.6) is 17.2 Å². The van der Waals surface area contributed by atoms with Crippen molar-refractivity contribution in [2.75, 3.05) is 13.1 Å². The highest BCUT2D eigenvalue weighted by Gasteiger charge is 2.30. The summed E-state index contributed by atoms with van der Waals surface area (Å²) in [7, 11) is -3.72. The van der Waals surface area contributed by atoms with Crippen LogP contribution in [0.2, 0.25) is 0 Å². The van der Waals surface area contributed by atoms with E-state index in [4.69, 9.17) is 0 Å². The van der Waals surface area contributed by atoms with Gasteiger partial charge in [-0.3, -0.25) is 9.89 Å². The lowest BCUT2D eigenvalue weighted by Crippen LogP contribution is -2.46. The van der Waals surface area contributed by atoms with Crippen LogP contribution in [0, 0.1) is 13.8 Å². The zero-order valence-corrected chi connectivity index (χ0v) is 16.2. The van der Waals surface area contributed by atoms with Crippen molar-refractivity contribution in [2.24, 2.45) is 0 Å². The molecule has 5 N–H and O–H groups in total. The first-order valence-corrected chi connectivity index (χ1v) is 10.2. The third-order valence-electron chi connectivity index (χ3n) is 4.75. The van der Waals surface area contributed by atoms with Gasteiger partial charge in [0.2, 0.25) is 10.0 Å². The standard InChI is InChI=1S/C17H22N4O6S/c1-9-16(10(2)19-18-9)28(26,27)20-12-3-5-21(6-4-12)17(25)11-7-13(22)15(24)14(23)8-11/h7-8,12,20,22-24H,3-6H2,1-2H3,(H,18,19). The number of H-pyrrole nitrogens is 1. The molecule has 0 spiro atoms. The van der Waals surface area contributed by atoms with E-state index in [1.807, 2.05) is 0 Å². The van der Waals surface area contributed by atoms with Gasteiger partial charge in [-0.15, -0.1) is 0 Å². The molecule has 3 rings (SSSR count). The molecular formula is C17H22N4O6S. The van der Waals surface area contributed by atoms with Crippen LogP contribution in [-0.4, -0.2) is 63.9 Å². The molecule has 1 aliphatic rings. The summed E-state index contributed by atoms with van der Waals surface area (Å²) in [6.45, 7) is 3.86. The van der Waals surface area contributed by atoms with Gasteiger partial charge in [0.25, 0.3) is 5.91 Å². The van der Waals surface area contributed by atoms with Gasteiger partial charge < -0.3 is 20.2 Å². The summed E-state index contributed by atoms with van der Waals surface area (Å²) in [5.41, 5.74) is 0.894. The molecule has 0 unspecified atom stereocenters. The lowest BCUT2D eigenvalue weighted by molar-refractivity contribution is 0.0710. The number of amides is 1. The molecule has 0 bridgehead atoms. The minimum Gasteiger partial charge on any atom is -0.504 e. The van der Waals surface area contributed by atoms with Crippen LogP contribution in [0.4, 0.5) is 0 Å². The monoisotopic (exact) mass is 410 g/mol. The van der Waals surface area contributed by atoms with Crippen molar-refractivity contribution in [1.29, 1.82) is 0 Å². The molecule has 2 aromatic rings. The van der Waals surface area contributed by atoms with Crippen molar-refractivity contribution in [3.63, 3.8) is 0 Å². The van der Waals surface area contributed by atoms with Gasteiger partial charge in [-0.25, -0.2) is 13.1 Å². The van der Waals surface area contributed by atoms with Gasteiger partial charge in [0.05, 0.1) is 11.4 Å². The number of carbonyl (C=O) groups excluding carboxylic acids is 1. The molecule has 0 aliphatic carbocycles. The lowest BCUT2D eigenvalue weighted by atomic mass is 10.0. The molecule has 0 saturated carbocycles. The number of rotatable bonds is 4. The van der Waals surface area contributed by atoms with E-state index in [1.165, 1.54) is 4.90 Å². The van der Waals surface area contributed by atoms with Crippen LogP contribution in [0.25, 0.3) is 0 Å². The fourth-order valence-corrected chi connectivity index (χ4v) is 5.00. The van der Waals surface area contributed by atoms with Crippen molar-refractivity contribution < 1.29 is 28.5 Å². The Labute approximate surface area is 161 Å². The van der Waals surface area contributed by atoms with E-state index in [0.717, 1.165) is 12.1 Å². The maximum Gasteiger partial charge on any atom is 0.254 e. The van der Waals surface area contributed by atoms with Gasteiger partial charge in [0.1, 0.15) is 4.90 Å². The van der Waals surface area contributed by atoms with Crippen LogP contribution >= 0.6 is 0 Å². The molecule has 1 amide bonds. The van der Waals surface area contributed by atoms with Crippen LogP contribution in [-0.2, 0) is 10.0 Å². The molecule has 1 aliphatic heterocycles. The first-order valence-electron chi connectivity index (χ1n) is 8.68. The summed E-state index contributed by atoms with van der Waals surface area (Å²) >= 11 is 0. The Morgan fingerprint density at radius 1 is 1.18 bits per heavy atom. The van der Waals surface area contributed by atoms with Crippen molar-refractivity contribution in [1.82, 2.24) is 19.8 Å². The summed E-state index contributed by atoms with van der Waals surface area (Å²) in [6.07, 6.45) is 0.827. The van der Waals surface area contributed by atoms with Crippen molar-refractivity contribution >= 4 is 15.9 Å². The van der Waals surface area contributed by atoms with E-state index in [-0.39, 0.29) is 16.5 Å². The number of aromatic amines is 1. The number of sulfonamides is 1. The normalized spacial score (nSPS) is 15.7. The second-order valence-electron chi connectivity index (χ2n) is 6.81. The second-order valence-corrected chi connectivity index (χ2v) is 8.46. The number of hydrogen-bond acceptors (Lipinski definition) is 7. The Kier molecular flexibility index (Phi) is 5.22. The Bertz CT molecular complexity index is 966. The molecule has 1 fully saturated rings. The molecular weight excluding hydrogens is 388 g/mol. The predicted octanol–water partition coefficient (Wildman–Crippen LogP) is 0.726. The van der Waals surface area contributed by atoms with E-state index in [2.05, 4.69) is 14.9 Å². The van der Waals surface area contributed by atoms with Gasteiger partial charge in [-0.2, -0.15) is 5.10 Å². The van der Waals surface area contributed by atoms with E-state index < -0.39 is 33.2 Å². The first kappa shape index (κ1) is 20.0. The molecule has 11 heteroatoms. The number of nitrogens with one attached hydrogen (secondary N) is 2. The number of phenols is 3. The fraction of sp³-hybridized carbons (Fsp3) is 0.412. The van der Waals surface area contributed by atoms with Crippen molar-refractivity contribution in [2.45, 2.75) is 37.6 Å². The summed E-state index contributed by atoms with van der Waals surface area (Å²) in [5, 5.41) is 35.1. The molecule has 0 atom stereocenters. The topological polar surface area (TPSA) is 156 Å². The summed E-state index contributed by atoms with van der Waals surface area (Å²) in [4.78, 5) is 14.2. The maximum absolute atomic E-state index is 12.6. The number of piperidine rings is 1. The Morgan fingerprint density at radius 2 is 1.75 bits per heavy atom. The average Bonchev–Trinajstić information content (AvgIpc) is 2.98. The smallest absolute Gasteiger partial charge is 0.254 e. The number of carbonyl (C=O) groups is 1. The van der Waals surface area contributed by atoms with E-state index in [1.54, 1.807) is 13.8 Å². The summed E-state index contributed by atoms with van der Waals surface area (Å²) < 4.78 is 27.9. The molecule has 2 heterocycles. The first-order chi connectivity index (χ1) is 13.1. The van der Waals surface area contributed by atoms with Crippen LogP contribution < -0.4 is 4.72 Å². The predicted molar refractivity (Wildman–Crippen MR) is 98.7 cm³/mol. The number of benzene rings is 1. The number of hydrogen-bond donors (Lipinski definition) is 5. The zero-order chi connectivity index (χ0) is 20.6. The molecule has 0 radical (unpaired) electrons. The molecule has 1 aromatic carbocycles. The molecule has 152 valence electrons. The molecule has 1 saturated heterocycles. The highest BCUT2D eigenvalue weighted by Crippen LogP contribution is 2.35. The third-order valence-corrected chi connectivity index (χ3v) is 6.53. The van der Waals surface area contributed by atoms with Gasteiger partial charge >= 0.3 is 0 Å². The number of likely N-dealkylation sites (tertiary alicyclic amines) is 1.